The number of ether oxygens (including phenoxy) is 3. The molecule has 1 amide bonds. The number of rotatable bonds is 6. The molecule has 0 fully saturated rings. The van der Waals surface area contributed by atoms with Crippen LogP contribution in [0, 0.1) is 0 Å². The number of hydrogen-bond acceptors (Lipinski definition) is 6. The average Bonchev–Trinajstić information content (AvgIpc) is 2.72. The Labute approximate surface area is 167 Å². The third kappa shape index (κ3) is 4.40. The first kappa shape index (κ1) is 20.0. The maximum atomic E-state index is 12.5. The van der Waals surface area contributed by atoms with Crippen LogP contribution in [-0.4, -0.2) is 37.3 Å². The number of carbonyl (C=O) groups excluding carboxylic acids is 2. The molecule has 1 unspecified atom stereocenters. The van der Waals surface area contributed by atoms with Gasteiger partial charge in [-0.05, 0) is 42.0 Å². The quantitative estimate of drug-likeness (QED) is 0.618. The number of phenolic OH excluding ortho intramolecular Hbond substituents is 1. The molecule has 0 aromatic heterocycles. The second-order valence-corrected chi connectivity index (χ2v) is 6.32. The van der Waals surface area contributed by atoms with E-state index in [1.165, 1.54) is 33.3 Å². The van der Waals surface area contributed by atoms with Crippen LogP contribution in [0.15, 0.2) is 54.6 Å². The maximum Gasteiger partial charge on any atom is 0.342 e. The summed E-state index contributed by atoms with van der Waals surface area (Å²) in [4.78, 5) is 25.0. The van der Waals surface area contributed by atoms with Gasteiger partial charge in [-0.3, -0.25) is 4.79 Å². The lowest BCUT2D eigenvalue weighted by Gasteiger charge is -2.16. The summed E-state index contributed by atoms with van der Waals surface area (Å²) in [5.74, 6) is -0.592. The number of hydrogen-bond donors (Lipinski definition) is 2. The van der Waals surface area contributed by atoms with Gasteiger partial charge in [0.1, 0.15) is 22.8 Å². The Kier molecular flexibility index (Phi) is 5.87. The molecule has 3 aromatic rings. The second-order valence-electron chi connectivity index (χ2n) is 6.32. The molecule has 29 heavy (non-hydrogen) atoms. The highest BCUT2D eigenvalue weighted by molar-refractivity contribution is 6.01. The lowest BCUT2D eigenvalue weighted by Crippen LogP contribution is -2.30. The fourth-order valence-electron chi connectivity index (χ4n) is 2.82. The first-order chi connectivity index (χ1) is 13.9. The Morgan fingerprint density at radius 3 is 2.31 bits per heavy atom. The van der Waals surface area contributed by atoms with E-state index in [1.807, 2.05) is 24.3 Å². The fourth-order valence-corrected chi connectivity index (χ4v) is 2.82. The van der Waals surface area contributed by atoms with Gasteiger partial charge in [-0.1, -0.05) is 24.3 Å². The Morgan fingerprint density at radius 1 is 0.966 bits per heavy atom. The smallest absolute Gasteiger partial charge is 0.342 e. The van der Waals surface area contributed by atoms with Crippen molar-refractivity contribution in [3.8, 4) is 17.2 Å². The summed E-state index contributed by atoms with van der Waals surface area (Å²) in [6.45, 7) is 1.44. The molecule has 7 nitrogen and oxygen atoms in total. The molecule has 0 saturated heterocycles. The van der Waals surface area contributed by atoms with Crippen LogP contribution in [0.2, 0.25) is 0 Å². The minimum absolute atomic E-state index is 0.0117. The van der Waals surface area contributed by atoms with Crippen LogP contribution in [0.3, 0.4) is 0 Å². The number of esters is 1. The van der Waals surface area contributed by atoms with Crippen LogP contribution < -0.4 is 14.8 Å². The number of anilines is 1. The van der Waals surface area contributed by atoms with Crippen molar-refractivity contribution in [2.24, 2.45) is 0 Å². The normalized spacial score (nSPS) is 11.6. The number of methoxy groups -OCH3 is 2. The summed E-state index contributed by atoms with van der Waals surface area (Å²) in [5, 5.41) is 14.4. The van der Waals surface area contributed by atoms with E-state index < -0.39 is 18.0 Å². The van der Waals surface area contributed by atoms with Gasteiger partial charge in [-0.2, -0.15) is 0 Å². The van der Waals surface area contributed by atoms with Crippen molar-refractivity contribution in [2.75, 3.05) is 19.5 Å². The van der Waals surface area contributed by atoms with Crippen molar-refractivity contribution >= 4 is 28.3 Å². The summed E-state index contributed by atoms with van der Waals surface area (Å²) >= 11 is 0. The van der Waals surface area contributed by atoms with Crippen molar-refractivity contribution in [1.29, 1.82) is 0 Å². The molecule has 0 aliphatic carbocycles. The van der Waals surface area contributed by atoms with Crippen LogP contribution in [0.25, 0.3) is 10.8 Å². The molecule has 3 rings (SSSR count). The monoisotopic (exact) mass is 395 g/mol. The van der Waals surface area contributed by atoms with Crippen LogP contribution in [0.4, 0.5) is 5.69 Å². The van der Waals surface area contributed by atoms with Gasteiger partial charge in [0.2, 0.25) is 0 Å². The molecule has 2 N–H and O–H groups in total. The van der Waals surface area contributed by atoms with E-state index in [9.17, 15) is 14.7 Å². The highest BCUT2D eigenvalue weighted by Gasteiger charge is 2.22. The molecular weight excluding hydrogens is 374 g/mol. The summed E-state index contributed by atoms with van der Waals surface area (Å²) in [7, 11) is 2.98. The zero-order valence-electron chi connectivity index (χ0n) is 16.3. The van der Waals surface area contributed by atoms with Crippen LogP contribution in [-0.2, 0) is 9.53 Å². The lowest BCUT2D eigenvalue weighted by molar-refractivity contribution is -0.123. The van der Waals surface area contributed by atoms with Gasteiger partial charge in [0.25, 0.3) is 5.91 Å². The molecule has 3 aromatic carbocycles. The van der Waals surface area contributed by atoms with Gasteiger partial charge in [-0.15, -0.1) is 0 Å². The standard InChI is InChI=1S/C22H21NO6/c1-13(21(25)23-18-12-16(27-2)8-9-20(18)28-3)29-22(26)17-10-14-6-4-5-7-15(14)11-19(17)24/h4-13,24H,1-3H3,(H,23,25). The Hall–Kier alpha value is -3.74. The SMILES string of the molecule is COc1ccc(OC)c(NC(=O)C(C)OC(=O)c2cc3ccccc3cc2O)c1. The molecule has 0 spiro atoms. The number of carbonyl (C=O) groups is 2. The average molecular weight is 395 g/mol. The van der Waals surface area contributed by atoms with E-state index in [2.05, 4.69) is 5.32 Å². The van der Waals surface area contributed by atoms with Gasteiger partial charge in [0.05, 0.1) is 19.9 Å². The molecule has 0 aliphatic heterocycles. The van der Waals surface area contributed by atoms with E-state index in [4.69, 9.17) is 14.2 Å². The van der Waals surface area contributed by atoms with Gasteiger partial charge >= 0.3 is 5.97 Å². The van der Waals surface area contributed by atoms with Crippen molar-refractivity contribution < 1.29 is 28.9 Å². The fraction of sp³-hybridized carbons (Fsp3) is 0.182. The van der Waals surface area contributed by atoms with Crippen molar-refractivity contribution in [2.45, 2.75) is 13.0 Å². The van der Waals surface area contributed by atoms with Crippen LogP contribution >= 0.6 is 0 Å². The van der Waals surface area contributed by atoms with Crippen molar-refractivity contribution in [1.82, 2.24) is 0 Å². The largest absolute Gasteiger partial charge is 0.507 e. The van der Waals surface area contributed by atoms with E-state index in [-0.39, 0.29) is 11.3 Å². The molecular formula is C22H21NO6. The number of fused-ring (bicyclic) bond motifs is 1. The summed E-state index contributed by atoms with van der Waals surface area (Å²) in [5.41, 5.74) is 0.371. The van der Waals surface area contributed by atoms with Gasteiger partial charge < -0.3 is 24.6 Å². The van der Waals surface area contributed by atoms with Crippen molar-refractivity contribution in [3.05, 3.63) is 60.2 Å². The van der Waals surface area contributed by atoms with Crippen molar-refractivity contribution in [3.63, 3.8) is 0 Å². The molecule has 150 valence electrons. The third-order valence-electron chi connectivity index (χ3n) is 4.40. The second kappa shape index (κ2) is 8.52. The minimum Gasteiger partial charge on any atom is -0.507 e. The van der Waals surface area contributed by atoms with E-state index in [0.29, 0.717) is 17.2 Å². The van der Waals surface area contributed by atoms with E-state index in [0.717, 1.165) is 10.8 Å². The Bertz CT molecular complexity index is 1060. The van der Waals surface area contributed by atoms with E-state index in [1.54, 1.807) is 18.2 Å². The molecule has 7 heteroatoms. The highest BCUT2D eigenvalue weighted by atomic mass is 16.5. The molecule has 0 radical (unpaired) electrons. The van der Waals surface area contributed by atoms with E-state index >= 15 is 0 Å². The molecule has 0 heterocycles. The van der Waals surface area contributed by atoms with Crippen LogP contribution in [0.1, 0.15) is 17.3 Å². The highest BCUT2D eigenvalue weighted by Crippen LogP contribution is 2.29. The Morgan fingerprint density at radius 2 is 1.66 bits per heavy atom. The molecule has 1 atom stereocenters. The third-order valence-corrected chi connectivity index (χ3v) is 4.40. The van der Waals surface area contributed by atoms with Gasteiger partial charge in [0, 0.05) is 6.07 Å². The van der Waals surface area contributed by atoms with Crippen LogP contribution in [0.5, 0.6) is 17.2 Å². The number of amides is 1. The summed E-state index contributed by atoms with van der Waals surface area (Å²) in [6, 6.07) is 15.3. The number of aromatic hydroxyl groups is 1. The predicted molar refractivity (Wildman–Crippen MR) is 109 cm³/mol. The molecule has 0 bridgehead atoms. The van der Waals surface area contributed by atoms with Gasteiger partial charge in [0.15, 0.2) is 6.10 Å². The maximum absolute atomic E-state index is 12.5. The zero-order valence-corrected chi connectivity index (χ0v) is 16.3. The molecule has 0 aliphatic rings. The lowest BCUT2D eigenvalue weighted by atomic mass is 10.1. The summed E-state index contributed by atoms with van der Waals surface area (Å²) < 4.78 is 15.6. The molecule has 0 saturated carbocycles. The first-order valence-electron chi connectivity index (χ1n) is 8.88. The predicted octanol–water partition coefficient (Wildman–Crippen LogP) is 3.75. The zero-order chi connectivity index (χ0) is 21.0. The van der Waals surface area contributed by atoms with Gasteiger partial charge in [-0.25, -0.2) is 4.79 Å². The number of nitrogens with one attached hydrogen (secondary N) is 1. The number of phenols is 1. The number of benzene rings is 3. The minimum atomic E-state index is -1.11. The summed E-state index contributed by atoms with van der Waals surface area (Å²) in [6.07, 6.45) is -1.11. The first-order valence-corrected chi connectivity index (χ1v) is 8.88. The topological polar surface area (TPSA) is 94.1 Å². The Balaban J connectivity index is 1.74.